The standard InChI is InChI=1S/C25H27F4N3O/c26-22-9-8-19-17-32(18-20(19)15-22)24(33)7-2-1-3-10-30-11-13-31(14-12-30)23-6-4-5-21(16-23)25(27,28)29/h4-6,8-9,15-18H,1-3,7,10-14H2. The zero-order chi connectivity index (χ0) is 23.4. The number of carbonyl (C=O) groups is 1. The van der Waals surface area contributed by atoms with E-state index in [0.29, 0.717) is 30.6 Å². The lowest BCUT2D eigenvalue weighted by molar-refractivity contribution is -0.137. The zero-order valence-corrected chi connectivity index (χ0v) is 18.3. The Morgan fingerprint density at radius 3 is 2.39 bits per heavy atom. The molecule has 176 valence electrons. The average molecular weight is 462 g/mol. The number of anilines is 1. The van der Waals surface area contributed by atoms with E-state index in [9.17, 15) is 22.4 Å². The number of unbranched alkanes of at least 4 members (excludes halogenated alkanes) is 2. The minimum atomic E-state index is -4.33. The fraction of sp³-hybridized carbons (Fsp3) is 0.400. The Bertz CT molecular complexity index is 1100. The van der Waals surface area contributed by atoms with E-state index in [1.807, 2.05) is 4.90 Å². The van der Waals surface area contributed by atoms with Gasteiger partial charge in [0.1, 0.15) is 5.82 Å². The molecule has 4 rings (SSSR count). The van der Waals surface area contributed by atoms with E-state index in [4.69, 9.17) is 0 Å². The predicted octanol–water partition coefficient (Wildman–Crippen LogP) is 5.82. The van der Waals surface area contributed by atoms with Crippen LogP contribution >= 0.6 is 0 Å². The van der Waals surface area contributed by atoms with E-state index in [1.165, 1.54) is 28.8 Å². The molecule has 0 unspecified atom stereocenters. The number of hydrogen-bond acceptors (Lipinski definition) is 3. The quantitative estimate of drug-likeness (QED) is 0.328. The number of hydrogen-bond donors (Lipinski definition) is 0. The van der Waals surface area contributed by atoms with Gasteiger partial charge in [0.15, 0.2) is 0 Å². The van der Waals surface area contributed by atoms with Gasteiger partial charge in [-0.1, -0.05) is 12.5 Å². The summed E-state index contributed by atoms with van der Waals surface area (Å²) in [6.07, 6.45) is 2.20. The van der Waals surface area contributed by atoms with Gasteiger partial charge >= 0.3 is 6.18 Å². The van der Waals surface area contributed by atoms with Crippen molar-refractivity contribution in [3.8, 4) is 0 Å². The summed E-state index contributed by atoms with van der Waals surface area (Å²) in [5.74, 6) is -0.315. The van der Waals surface area contributed by atoms with Crippen LogP contribution in [0, 0.1) is 5.82 Å². The number of benzene rings is 2. The van der Waals surface area contributed by atoms with Crippen LogP contribution in [0.4, 0.5) is 23.2 Å². The largest absolute Gasteiger partial charge is 0.416 e. The van der Waals surface area contributed by atoms with Crippen LogP contribution in [-0.4, -0.2) is 48.1 Å². The Labute approximate surface area is 190 Å². The topological polar surface area (TPSA) is 28.5 Å². The molecule has 8 heteroatoms. The third-order valence-corrected chi connectivity index (χ3v) is 6.17. The molecule has 2 aromatic carbocycles. The summed E-state index contributed by atoms with van der Waals surface area (Å²) in [5, 5.41) is 1.56. The summed E-state index contributed by atoms with van der Waals surface area (Å²) in [6.45, 7) is 3.92. The Hall–Kier alpha value is -2.87. The first-order valence-corrected chi connectivity index (χ1v) is 11.2. The number of piperazine rings is 1. The predicted molar refractivity (Wildman–Crippen MR) is 121 cm³/mol. The van der Waals surface area contributed by atoms with Crippen molar-refractivity contribution in [2.75, 3.05) is 37.6 Å². The molecule has 1 aliphatic heterocycles. The Kier molecular flexibility index (Phi) is 7.02. The molecule has 1 aliphatic rings. The van der Waals surface area contributed by atoms with E-state index in [0.717, 1.165) is 50.3 Å². The van der Waals surface area contributed by atoms with Gasteiger partial charge in [-0.25, -0.2) is 4.39 Å². The Morgan fingerprint density at radius 2 is 1.64 bits per heavy atom. The van der Waals surface area contributed by atoms with Gasteiger partial charge in [0.25, 0.3) is 0 Å². The van der Waals surface area contributed by atoms with Crippen LogP contribution in [0.25, 0.3) is 10.8 Å². The fourth-order valence-electron chi connectivity index (χ4n) is 4.28. The van der Waals surface area contributed by atoms with Crippen LogP contribution in [-0.2, 0) is 6.18 Å². The van der Waals surface area contributed by atoms with E-state index in [1.54, 1.807) is 24.5 Å². The number of rotatable bonds is 7. The van der Waals surface area contributed by atoms with E-state index in [-0.39, 0.29) is 11.7 Å². The minimum absolute atomic E-state index is 0.00121. The molecule has 0 atom stereocenters. The van der Waals surface area contributed by atoms with Gasteiger partial charge in [0.2, 0.25) is 5.91 Å². The molecular weight excluding hydrogens is 434 g/mol. The number of halogens is 4. The van der Waals surface area contributed by atoms with Gasteiger partial charge in [0.05, 0.1) is 5.56 Å². The first-order chi connectivity index (χ1) is 15.8. The first-order valence-electron chi connectivity index (χ1n) is 11.2. The van der Waals surface area contributed by atoms with E-state index >= 15 is 0 Å². The van der Waals surface area contributed by atoms with Gasteiger partial charge in [0, 0.05) is 61.5 Å². The smallest absolute Gasteiger partial charge is 0.369 e. The second-order valence-corrected chi connectivity index (χ2v) is 8.52. The molecule has 1 saturated heterocycles. The first kappa shape index (κ1) is 23.3. The maximum absolute atomic E-state index is 13.3. The summed E-state index contributed by atoms with van der Waals surface area (Å²) in [6, 6.07) is 9.98. The Morgan fingerprint density at radius 1 is 0.879 bits per heavy atom. The molecule has 0 amide bonds. The van der Waals surface area contributed by atoms with E-state index < -0.39 is 11.7 Å². The van der Waals surface area contributed by atoms with Crippen LogP contribution < -0.4 is 4.90 Å². The highest BCUT2D eigenvalue weighted by Crippen LogP contribution is 2.31. The SMILES string of the molecule is O=C(CCCCCN1CCN(c2cccc(C(F)(F)F)c2)CC1)n1cc2ccc(F)cc2c1. The summed E-state index contributed by atoms with van der Waals surface area (Å²) < 4.78 is 53.7. The van der Waals surface area contributed by atoms with Crippen LogP contribution in [0.5, 0.6) is 0 Å². The lowest BCUT2D eigenvalue weighted by Gasteiger charge is -2.36. The molecule has 0 N–H and O–H groups in total. The molecule has 1 aromatic heterocycles. The van der Waals surface area contributed by atoms with Crippen molar-refractivity contribution in [1.29, 1.82) is 0 Å². The van der Waals surface area contributed by atoms with Gasteiger partial charge in [-0.3, -0.25) is 14.3 Å². The number of aromatic nitrogens is 1. The fourth-order valence-corrected chi connectivity index (χ4v) is 4.28. The van der Waals surface area contributed by atoms with Crippen molar-refractivity contribution in [2.24, 2.45) is 0 Å². The molecule has 0 radical (unpaired) electrons. The minimum Gasteiger partial charge on any atom is -0.369 e. The lowest BCUT2D eigenvalue weighted by atomic mass is 10.1. The van der Waals surface area contributed by atoms with Crippen molar-refractivity contribution in [3.05, 3.63) is 66.2 Å². The summed E-state index contributed by atoms with van der Waals surface area (Å²) in [7, 11) is 0. The molecule has 1 fully saturated rings. The van der Waals surface area contributed by atoms with Gasteiger partial charge in [-0.15, -0.1) is 0 Å². The summed E-state index contributed by atoms with van der Waals surface area (Å²) in [5.41, 5.74) is 0.000509. The summed E-state index contributed by atoms with van der Waals surface area (Å²) in [4.78, 5) is 16.7. The molecule has 0 saturated carbocycles. The summed E-state index contributed by atoms with van der Waals surface area (Å²) >= 11 is 0. The highest BCUT2D eigenvalue weighted by molar-refractivity contribution is 5.89. The molecule has 0 bridgehead atoms. The van der Waals surface area contributed by atoms with Crippen molar-refractivity contribution >= 4 is 22.4 Å². The normalized spacial score (nSPS) is 15.3. The zero-order valence-electron chi connectivity index (χ0n) is 18.3. The molecule has 0 spiro atoms. The number of carbonyl (C=O) groups excluding carboxylic acids is 1. The molecule has 3 aromatic rings. The van der Waals surface area contributed by atoms with E-state index in [2.05, 4.69) is 4.90 Å². The van der Waals surface area contributed by atoms with Gasteiger partial charge < -0.3 is 4.90 Å². The second-order valence-electron chi connectivity index (χ2n) is 8.52. The maximum atomic E-state index is 13.3. The maximum Gasteiger partial charge on any atom is 0.416 e. The Balaban J connectivity index is 1.16. The molecule has 2 heterocycles. The average Bonchev–Trinajstić information content (AvgIpc) is 3.22. The number of nitrogens with zero attached hydrogens (tertiary/aromatic N) is 3. The third-order valence-electron chi connectivity index (χ3n) is 6.17. The van der Waals surface area contributed by atoms with Crippen LogP contribution in [0.2, 0.25) is 0 Å². The number of fused-ring (bicyclic) bond motifs is 1. The van der Waals surface area contributed by atoms with Crippen LogP contribution in [0.15, 0.2) is 54.9 Å². The molecule has 4 nitrogen and oxygen atoms in total. The highest BCUT2D eigenvalue weighted by atomic mass is 19.4. The van der Waals surface area contributed by atoms with Gasteiger partial charge in [-0.2, -0.15) is 13.2 Å². The lowest BCUT2D eigenvalue weighted by Crippen LogP contribution is -2.46. The highest BCUT2D eigenvalue weighted by Gasteiger charge is 2.31. The molecular formula is C25H27F4N3O. The van der Waals surface area contributed by atoms with Crippen molar-refractivity contribution in [1.82, 2.24) is 9.47 Å². The molecule has 33 heavy (non-hydrogen) atoms. The van der Waals surface area contributed by atoms with Gasteiger partial charge in [-0.05, 0) is 55.8 Å². The molecule has 0 aliphatic carbocycles. The van der Waals surface area contributed by atoms with Crippen LogP contribution in [0.1, 0.15) is 36.0 Å². The van der Waals surface area contributed by atoms with Crippen molar-refractivity contribution in [3.63, 3.8) is 0 Å². The number of alkyl halides is 3. The van der Waals surface area contributed by atoms with Crippen molar-refractivity contribution < 1.29 is 22.4 Å². The second kappa shape index (κ2) is 9.95. The monoisotopic (exact) mass is 461 g/mol. The van der Waals surface area contributed by atoms with Crippen molar-refractivity contribution in [2.45, 2.75) is 31.9 Å². The van der Waals surface area contributed by atoms with Crippen LogP contribution in [0.3, 0.4) is 0 Å². The third kappa shape index (κ3) is 5.93.